The molecule has 0 aliphatic carbocycles. The average molecular weight is 439 g/mol. The number of carbonyl (C=O) groups excluding carboxylic acids is 2. The number of hydrogen-bond acceptors (Lipinski definition) is 5. The van der Waals surface area contributed by atoms with E-state index < -0.39 is 0 Å². The second kappa shape index (κ2) is 10.3. The van der Waals surface area contributed by atoms with Crippen molar-refractivity contribution in [2.75, 3.05) is 38.5 Å². The fourth-order valence-corrected chi connectivity index (χ4v) is 5.22. The van der Waals surface area contributed by atoms with Crippen LogP contribution >= 0.6 is 11.8 Å². The Morgan fingerprint density at radius 2 is 1.94 bits per heavy atom. The Morgan fingerprint density at radius 1 is 1.16 bits per heavy atom. The van der Waals surface area contributed by atoms with Gasteiger partial charge in [0.25, 0.3) is 11.8 Å². The number of nitrogens with one attached hydrogen (secondary N) is 2. The molecule has 2 aromatic carbocycles. The summed E-state index contributed by atoms with van der Waals surface area (Å²) < 4.78 is 0. The number of nitrogens with zero attached hydrogens (tertiary/aromatic N) is 2. The minimum absolute atomic E-state index is 0.0134. The molecule has 2 aromatic rings. The molecule has 2 aliphatic rings. The van der Waals surface area contributed by atoms with Crippen LogP contribution in [0, 0.1) is 0 Å². The predicted molar refractivity (Wildman–Crippen MR) is 125 cm³/mol. The van der Waals surface area contributed by atoms with Gasteiger partial charge in [-0.3, -0.25) is 14.5 Å². The van der Waals surface area contributed by atoms with Crippen LogP contribution in [0.1, 0.15) is 35.2 Å². The summed E-state index contributed by atoms with van der Waals surface area (Å²) in [4.78, 5) is 30.7. The summed E-state index contributed by atoms with van der Waals surface area (Å²) in [5.74, 6) is -0.104. The molecule has 2 N–H and O–H groups in total. The molecule has 6 nitrogen and oxygen atoms in total. The normalized spacial score (nSPS) is 19.0. The molecule has 2 heterocycles. The lowest BCUT2D eigenvalue weighted by Gasteiger charge is -2.35. The number of fused-ring (bicyclic) bond motifs is 1. The number of carbonyl (C=O) groups is 2. The molecule has 0 aromatic heterocycles. The standard InChI is InChI=1S/C24H30N4O2S/c1-27(17-18-8-4-2-5-9-18)15-12-25-22(29)19-10-11-21-20(16-19)26-23(30)24(31-21)28-13-6-3-7-14-28/h2,4-5,8-11,16,24H,3,6-7,12-15,17H2,1H3,(H,25,29)(H,26,30). The van der Waals surface area contributed by atoms with Gasteiger partial charge in [-0.2, -0.15) is 0 Å². The zero-order valence-corrected chi connectivity index (χ0v) is 18.8. The second-order valence-electron chi connectivity index (χ2n) is 8.25. The van der Waals surface area contributed by atoms with Crippen molar-refractivity contribution >= 4 is 29.3 Å². The van der Waals surface area contributed by atoms with E-state index in [4.69, 9.17) is 0 Å². The monoisotopic (exact) mass is 438 g/mol. The molecule has 0 saturated carbocycles. The van der Waals surface area contributed by atoms with E-state index in [0.29, 0.717) is 12.1 Å². The maximum Gasteiger partial charge on any atom is 0.252 e. The number of likely N-dealkylation sites (tertiary alicyclic amines) is 1. The number of rotatable bonds is 7. The lowest BCUT2D eigenvalue weighted by molar-refractivity contribution is -0.118. The van der Waals surface area contributed by atoms with Crippen molar-refractivity contribution in [3.05, 3.63) is 59.7 Å². The van der Waals surface area contributed by atoms with Crippen molar-refractivity contribution in [3.8, 4) is 0 Å². The molecule has 7 heteroatoms. The summed E-state index contributed by atoms with van der Waals surface area (Å²) in [5, 5.41) is 5.83. The Hall–Kier alpha value is -2.35. The Kier molecular flexibility index (Phi) is 7.27. The molecule has 1 unspecified atom stereocenters. The zero-order chi connectivity index (χ0) is 21.6. The van der Waals surface area contributed by atoms with E-state index >= 15 is 0 Å². The van der Waals surface area contributed by atoms with Gasteiger partial charge in [-0.25, -0.2) is 0 Å². The van der Waals surface area contributed by atoms with E-state index in [-0.39, 0.29) is 17.2 Å². The number of amides is 2. The number of likely N-dealkylation sites (N-methyl/N-ethyl adjacent to an activating group) is 1. The minimum Gasteiger partial charge on any atom is -0.351 e. The van der Waals surface area contributed by atoms with Gasteiger partial charge in [0, 0.05) is 30.1 Å². The molecule has 1 atom stereocenters. The van der Waals surface area contributed by atoms with Crippen LogP contribution in [0.3, 0.4) is 0 Å². The molecule has 2 amide bonds. The minimum atomic E-state index is -0.173. The topological polar surface area (TPSA) is 64.7 Å². The summed E-state index contributed by atoms with van der Waals surface area (Å²) in [7, 11) is 2.05. The van der Waals surface area contributed by atoms with Gasteiger partial charge in [0.05, 0.1) is 5.69 Å². The lowest BCUT2D eigenvalue weighted by atomic mass is 10.1. The van der Waals surface area contributed by atoms with Gasteiger partial charge >= 0.3 is 0 Å². The quantitative estimate of drug-likeness (QED) is 0.694. The maximum atomic E-state index is 12.7. The molecule has 0 spiro atoms. The molecular formula is C24H30N4O2S. The number of anilines is 1. The first-order valence-corrected chi connectivity index (χ1v) is 11.8. The highest BCUT2D eigenvalue weighted by Crippen LogP contribution is 2.38. The highest BCUT2D eigenvalue weighted by molar-refractivity contribution is 8.00. The third kappa shape index (κ3) is 5.67. The van der Waals surface area contributed by atoms with Crippen LogP contribution in [-0.2, 0) is 11.3 Å². The summed E-state index contributed by atoms with van der Waals surface area (Å²) in [5.41, 5.74) is 2.56. The molecule has 0 radical (unpaired) electrons. The van der Waals surface area contributed by atoms with Gasteiger partial charge < -0.3 is 15.5 Å². The Labute approximate surface area is 188 Å². The molecular weight excluding hydrogens is 408 g/mol. The molecule has 164 valence electrons. The van der Waals surface area contributed by atoms with Crippen LogP contribution in [0.4, 0.5) is 5.69 Å². The van der Waals surface area contributed by atoms with Crippen LogP contribution in [-0.4, -0.2) is 60.2 Å². The third-order valence-corrected chi connectivity index (χ3v) is 7.10. The molecule has 1 fully saturated rings. The van der Waals surface area contributed by atoms with Crippen molar-refractivity contribution in [2.45, 2.75) is 36.1 Å². The predicted octanol–water partition coefficient (Wildman–Crippen LogP) is 3.40. The SMILES string of the molecule is CN(CCNC(=O)c1ccc2c(c1)NC(=O)C(N1CCCCC1)S2)Cc1ccccc1. The van der Waals surface area contributed by atoms with Crippen molar-refractivity contribution in [2.24, 2.45) is 0 Å². The molecule has 31 heavy (non-hydrogen) atoms. The lowest BCUT2D eigenvalue weighted by Crippen LogP contribution is -2.46. The first kappa shape index (κ1) is 21.9. The van der Waals surface area contributed by atoms with Crippen molar-refractivity contribution in [1.29, 1.82) is 0 Å². The molecule has 1 saturated heterocycles. The first-order chi connectivity index (χ1) is 15.1. The summed E-state index contributed by atoms with van der Waals surface area (Å²) in [6, 6.07) is 15.9. The Morgan fingerprint density at radius 3 is 2.71 bits per heavy atom. The summed E-state index contributed by atoms with van der Waals surface area (Å²) >= 11 is 1.59. The van der Waals surface area contributed by atoms with Crippen LogP contribution < -0.4 is 10.6 Å². The van der Waals surface area contributed by atoms with Crippen LogP contribution in [0.5, 0.6) is 0 Å². The maximum absolute atomic E-state index is 12.7. The fourth-order valence-electron chi connectivity index (χ4n) is 4.07. The fraction of sp³-hybridized carbons (Fsp3) is 0.417. The number of piperidine rings is 1. The molecule has 0 bridgehead atoms. The van der Waals surface area contributed by atoms with Crippen molar-refractivity contribution in [1.82, 2.24) is 15.1 Å². The van der Waals surface area contributed by atoms with Crippen LogP contribution in [0.2, 0.25) is 0 Å². The number of hydrogen-bond donors (Lipinski definition) is 2. The number of thioether (sulfide) groups is 1. The highest BCUT2D eigenvalue weighted by Gasteiger charge is 2.33. The van der Waals surface area contributed by atoms with E-state index in [1.54, 1.807) is 17.8 Å². The average Bonchev–Trinajstić information content (AvgIpc) is 2.79. The first-order valence-electron chi connectivity index (χ1n) is 11.0. The Balaban J connectivity index is 1.30. The van der Waals surface area contributed by atoms with Gasteiger partial charge in [0.15, 0.2) is 0 Å². The van der Waals surface area contributed by atoms with Gasteiger partial charge in [-0.05, 0) is 56.7 Å². The summed E-state index contributed by atoms with van der Waals surface area (Å²) in [6.07, 6.45) is 3.54. The Bertz CT molecular complexity index is 915. The summed E-state index contributed by atoms with van der Waals surface area (Å²) in [6.45, 7) is 4.11. The zero-order valence-electron chi connectivity index (χ0n) is 18.0. The molecule has 2 aliphatic heterocycles. The van der Waals surface area contributed by atoms with Crippen molar-refractivity contribution < 1.29 is 9.59 Å². The van der Waals surface area contributed by atoms with Gasteiger partial charge in [0.2, 0.25) is 0 Å². The van der Waals surface area contributed by atoms with Crippen LogP contribution in [0.25, 0.3) is 0 Å². The number of benzene rings is 2. The highest BCUT2D eigenvalue weighted by atomic mass is 32.2. The van der Waals surface area contributed by atoms with E-state index in [9.17, 15) is 9.59 Å². The largest absolute Gasteiger partial charge is 0.351 e. The van der Waals surface area contributed by atoms with E-state index in [1.165, 1.54) is 12.0 Å². The third-order valence-electron chi connectivity index (χ3n) is 5.76. The smallest absolute Gasteiger partial charge is 0.252 e. The van der Waals surface area contributed by atoms with Gasteiger partial charge in [-0.15, -0.1) is 0 Å². The van der Waals surface area contributed by atoms with E-state index in [0.717, 1.165) is 49.6 Å². The second-order valence-corrected chi connectivity index (χ2v) is 9.37. The molecule has 4 rings (SSSR count). The van der Waals surface area contributed by atoms with Gasteiger partial charge in [0.1, 0.15) is 5.37 Å². The van der Waals surface area contributed by atoms with Crippen molar-refractivity contribution in [3.63, 3.8) is 0 Å². The van der Waals surface area contributed by atoms with Gasteiger partial charge in [-0.1, -0.05) is 48.5 Å². The van der Waals surface area contributed by atoms with Crippen LogP contribution in [0.15, 0.2) is 53.4 Å². The van der Waals surface area contributed by atoms with E-state index in [2.05, 4.69) is 32.6 Å². The van der Waals surface area contributed by atoms with E-state index in [1.807, 2.05) is 37.4 Å².